The van der Waals surface area contributed by atoms with Gasteiger partial charge in [0.1, 0.15) is 6.33 Å². The van der Waals surface area contributed by atoms with Gasteiger partial charge in [0, 0.05) is 34.4 Å². The van der Waals surface area contributed by atoms with Crippen LogP contribution in [0.3, 0.4) is 0 Å². The molecule has 4 aromatic rings. The van der Waals surface area contributed by atoms with E-state index in [4.69, 9.17) is 4.98 Å². The predicted molar refractivity (Wildman–Crippen MR) is 107 cm³/mol. The van der Waals surface area contributed by atoms with Crippen molar-refractivity contribution < 1.29 is 0 Å². The summed E-state index contributed by atoms with van der Waals surface area (Å²) in [5.41, 5.74) is 6.00. The zero-order chi connectivity index (χ0) is 18.2. The van der Waals surface area contributed by atoms with Crippen molar-refractivity contribution in [3.05, 3.63) is 66.7 Å². The van der Waals surface area contributed by atoms with Crippen molar-refractivity contribution in [2.45, 2.75) is 25.8 Å². The summed E-state index contributed by atoms with van der Waals surface area (Å²) in [6.07, 6.45) is 5.90. The Morgan fingerprint density at radius 3 is 2.59 bits per heavy atom. The summed E-state index contributed by atoms with van der Waals surface area (Å²) >= 11 is 0. The van der Waals surface area contributed by atoms with E-state index in [1.807, 2.05) is 37.4 Å². The first-order valence-corrected chi connectivity index (χ1v) is 9.19. The summed E-state index contributed by atoms with van der Waals surface area (Å²) < 4.78 is 0. The van der Waals surface area contributed by atoms with Gasteiger partial charge >= 0.3 is 0 Å². The molecule has 0 spiro atoms. The molecule has 1 N–H and O–H groups in total. The van der Waals surface area contributed by atoms with Gasteiger partial charge in [-0.15, -0.1) is 0 Å². The quantitative estimate of drug-likeness (QED) is 0.579. The molecule has 5 heteroatoms. The molecule has 1 aliphatic carbocycles. The Morgan fingerprint density at radius 1 is 0.926 bits per heavy atom. The maximum atomic E-state index is 4.85. The van der Waals surface area contributed by atoms with E-state index in [2.05, 4.69) is 44.5 Å². The maximum Gasteiger partial charge on any atom is 0.223 e. The summed E-state index contributed by atoms with van der Waals surface area (Å²) in [5, 5.41) is 4.45. The monoisotopic (exact) mass is 353 g/mol. The minimum Gasteiger partial charge on any atom is -0.351 e. The molecular weight excluding hydrogens is 334 g/mol. The van der Waals surface area contributed by atoms with E-state index < -0.39 is 0 Å². The second-order valence-electron chi connectivity index (χ2n) is 6.93. The number of nitrogens with zero attached hydrogens (tertiary/aromatic N) is 4. The van der Waals surface area contributed by atoms with Gasteiger partial charge in [-0.1, -0.05) is 36.4 Å². The van der Waals surface area contributed by atoms with Gasteiger partial charge in [-0.05, 0) is 37.5 Å². The van der Waals surface area contributed by atoms with Crippen LogP contribution < -0.4 is 5.32 Å². The molecule has 1 fully saturated rings. The summed E-state index contributed by atoms with van der Waals surface area (Å²) in [4.78, 5) is 18.1. The third-order valence-electron chi connectivity index (χ3n) is 4.89. The first-order valence-electron chi connectivity index (χ1n) is 9.19. The molecular formula is C22H19N5. The lowest BCUT2D eigenvalue weighted by Gasteiger charge is -2.12. The molecule has 5 rings (SSSR count). The fraction of sp³-hybridized carbons (Fsp3) is 0.182. The Hall–Kier alpha value is -3.34. The van der Waals surface area contributed by atoms with E-state index in [9.17, 15) is 0 Å². The van der Waals surface area contributed by atoms with E-state index >= 15 is 0 Å². The highest BCUT2D eigenvalue weighted by molar-refractivity contribution is 5.89. The number of benzene rings is 2. The van der Waals surface area contributed by atoms with Crippen molar-refractivity contribution in [3.8, 4) is 22.4 Å². The van der Waals surface area contributed by atoms with Crippen LogP contribution in [0.2, 0.25) is 0 Å². The molecule has 0 saturated heterocycles. The third kappa shape index (κ3) is 3.12. The second kappa shape index (κ2) is 6.43. The van der Waals surface area contributed by atoms with Crippen LogP contribution in [0, 0.1) is 6.92 Å². The number of hydrogen-bond donors (Lipinski definition) is 1. The van der Waals surface area contributed by atoms with Crippen LogP contribution in [-0.2, 0) is 0 Å². The Kier molecular flexibility index (Phi) is 3.78. The lowest BCUT2D eigenvalue weighted by atomic mass is 9.99. The van der Waals surface area contributed by atoms with Gasteiger partial charge in [-0.25, -0.2) is 19.9 Å². The van der Waals surface area contributed by atoms with Crippen LogP contribution in [0.1, 0.15) is 18.5 Å². The van der Waals surface area contributed by atoms with Crippen molar-refractivity contribution in [1.82, 2.24) is 19.9 Å². The van der Waals surface area contributed by atoms with E-state index in [0.717, 1.165) is 39.0 Å². The standard InChI is InChI=1S/C22H19N5/c1-14-18-11-16(7-10-20(18)25-13-24-14)19-12-23-22(26-17-8-9-17)27-21(19)15-5-3-2-4-6-15/h2-7,10-13,17H,8-9H2,1H3,(H,23,26,27). The summed E-state index contributed by atoms with van der Waals surface area (Å²) in [6, 6.07) is 17.0. The molecule has 0 radical (unpaired) electrons. The Balaban J connectivity index is 1.67. The molecule has 0 atom stereocenters. The van der Waals surface area contributed by atoms with Crippen LogP contribution >= 0.6 is 0 Å². The average molecular weight is 353 g/mol. The largest absolute Gasteiger partial charge is 0.351 e. The van der Waals surface area contributed by atoms with E-state index in [0.29, 0.717) is 12.0 Å². The number of hydrogen-bond acceptors (Lipinski definition) is 5. The zero-order valence-corrected chi connectivity index (χ0v) is 15.1. The van der Waals surface area contributed by atoms with Gasteiger partial charge in [-0.3, -0.25) is 0 Å². The Labute approximate surface area is 157 Å². The molecule has 0 bridgehead atoms. The smallest absolute Gasteiger partial charge is 0.223 e. The van der Waals surface area contributed by atoms with Gasteiger partial charge in [0.15, 0.2) is 0 Å². The summed E-state index contributed by atoms with van der Waals surface area (Å²) in [6.45, 7) is 2.01. The maximum absolute atomic E-state index is 4.85. The normalized spacial score (nSPS) is 13.7. The molecule has 2 aromatic heterocycles. The van der Waals surface area contributed by atoms with Gasteiger partial charge in [0.05, 0.1) is 11.2 Å². The van der Waals surface area contributed by atoms with E-state index in [-0.39, 0.29) is 0 Å². The van der Waals surface area contributed by atoms with Crippen LogP contribution in [0.15, 0.2) is 61.1 Å². The lowest BCUT2D eigenvalue weighted by molar-refractivity contribution is 1.06. The Morgan fingerprint density at radius 2 is 1.78 bits per heavy atom. The highest BCUT2D eigenvalue weighted by Gasteiger charge is 2.22. The zero-order valence-electron chi connectivity index (χ0n) is 15.1. The molecule has 2 aromatic carbocycles. The average Bonchev–Trinajstić information content (AvgIpc) is 3.53. The molecule has 132 valence electrons. The van der Waals surface area contributed by atoms with Crippen LogP contribution in [0.25, 0.3) is 33.3 Å². The second-order valence-corrected chi connectivity index (χ2v) is 6.93. The van der Waals surface area contributed by atoms with Crippen molar-refractivity contribution >= 4 is 16.9 Å². The number of aromatic nitrogens is 4. The van der Waals surface area contributed by atoms with Crippen molar-refractivity contribution in [2.24, 2.45) is 0 Å². The molecule has 0 amide bonds. The fourth-order valence-corrected chi connectivity index (χ4v) is 3.24. The van der Waals surface area contributed by atoms with E-state index in [1.54, 1.807) is 6.33 Å². The predicted octanol–water partition coefficient (Wildman–Crippen LogP) is 4.64. The molecule has 1 saturated carbocycles. The summed E-state index contributed by atoms with van der Waals surface area (Å²) in [7, 11) is 0. The highest BCUT2D eigenvalue weighted by Crippen LogP contribution is 2.33. The van der Waals surface area contributed by atoms with Gasteiger partial charge < -0.3 is 5.32 Å². The third-order valence-corrected chi connectivity index (χ3v) is 4.89. The van der Waals surface area contributed by atoms with Gasteiger partial charge in [0.2, 0.25) is 5.95 Å². The topological polar surface area (TPSA) is 63.6 Å². The number of rotatable bonds is 4. The van der Waals surface area contributed by atoms with Crippen LogP contribution in [-0.4, -0.2) is 26.0 Å². The first kappa shape index (κ1) is 15.9. The molecule has 1 aliphatic rings. The van der Waals surface area contributed by atoms with Crippen molar-refractivity contribution in [3.63, 3.8) is 0 Å². The lowest BCUT2D eigenvalue weighted by Crippen LogP contribution is -2.06. The number of anilines is 1. The van der Waals surface area contributed by atoms with E-state index in [1.165, 1.54) is 12.8 Å². The highest BCUT2D eigenvalue weighted by atomic mass is 15.1. The van der Waals surface area contributed by atoms with Crippen LogP contribution in [0.5, 0.6) is 0 Å². The number of aryl methyl sites for hydroxylation is 1. The number of nitrogens with one attached hydrogen (secondary N) is 1. The van der Waals surface area contributed by atoms with Gasteiger partial charge in [0.25, 0.3) is 0 Å². The minimum atomic E-state index is 0.514. The Bertz CT molecular complexity index is 1120. The van der Waals surface area contributed by atoms with Crippen molar-refractivity contribution in [1.29, 1.82) is 0 Å². The molecule has 0 unspecified atom stereocenters. The molecule has 27 heavy (non-hydrogen) atoms. The van der Waals surface area contributed by atoms with Crippen LogP contribution in [0.4, 0.5) is 5.95 Å². The number of fused-ring (bicyclic) bond motifs is 1. The van der Waals surface area contributed by atoms with Crippen molar-refractivity contribution in [2.75, 3.05) is 5.32 Å². The minimum absolute atomic E-state index is 0.514. The fourth-order valence-electron chi connectivity index (χ4n) is 3.24. The first-order chi connectivity index (χ1) is 13.3. The molecule has 0 aliphatic heterocycles. The molecule has 2 heterocycles. The van der Waals surface area contributed by atoms with Gasteiger partial charge in [-0.2, -0.15) is 0 Å². The SMILES string of the molecule is Cc1ncnc2ccc(-c3cnc(NC4CC4)nc3-c3ccccc3)cc12. The summed E-state index contributed by atoms with van der Waals surface area (Å²) in [5.74, 6) is 0.695. The molecule has 5 nitrogen and oxygen atoms in total.